The van der Waals surface area contributed by atoms with E-state index >= 15 is 0 Å². The van der Waals surface area contributed by atoms with E-state index in [1.54, 1.807) is 0 Å². The molecule has 0 atom stereocenters. The van der Waals surface area contributed by atoms with Crippen LogP contribution in [0.1, 0.15) is 25.0 Å². The van der Waals surface area contributed by atoms with Crippen molar-refractivity contribution in [1.82, 2.24) is 9.13 Å². The van der Waals surface area contributed by atoms with Crippen LogP contribution >= 0.6 is 0 Å². The van der Waals surface area contributed by atoms with Gasteiger partial charge in [0.2, 0.25) is 0 Å². The highest BCUT2D eigenvalue weighted by atomic mass is 15.0. The summed E-state index contributed by atoms with van der Waals surface area (Å²) in [5.74, 6) is 0. The maximum atomic E-state index is 2.42. The molecular formula is C56H44N2. The van der Waals surface area contributed by atoms with E-state index in [9.17, 15) is 0 Å². The first-order valence-electron chi connectivity index (χ1n) is 20.7. The summed E-state index contributed by atoms with van der Waals surface area (Å²) >= 11 is 0. The van der Waals surface area contributed by atoms with E-state index in [0.29, 0.717) is 0 Å². The molecule has 9 aromatic carbocycles. The van der Waals surface area contributed by atoms with E-state index in [-0.39, 0.29) is 0 Å². The van der Waals surface area contributed by atoms with E-state index in [1.165, 1.54) is 121 Å². The number of rotatable bonds is 6. The monoisotopic (exact) mass is 744 g/mol. The van der Waals surface area contributed by atoms with E-state index in [0.717, 1.165) is 13.1 Å². The molecule has 0 radical (unpaired) electrons. The molecule has 278 valence electrons. The Balaban J connectivity index is 1.03. The van der Waals surface area contributed by atoms with E-state index in [1.807, 2.05) is 0 Å². The lowest BCUT2D eigenvalue weighted by atomic mass is 9.84. The van der Waals surface area contributed by atoms with Crippen molar-refractivity contribution in [1.29, 1.82) is 0 Å². The van der Waals surface area contributed by atoms with E-state index in [2.05, 4.69) is 207 Å². The Labute approximate surface area is 339 Å². The van der Waals surface area contributed by atoms with Gasteiger partial charge in [-0.15, -0.1) is 0 Å². The van der Waals surface area contributed by atoms with Gasteiger partial charge in [-0.2, -0.15) is 0 Å². The van der Waals surface area contributed by atoms with Crippen molar-refractivity contribution in [2.24, 2.45) is 0 Å². The van der Waals surface area contributed by atoms with Gasteiger partial charge in [0, 0.05) is 56.7 Å². The fourth-order valence-electron chi connectivity index (χ4n) is 9.88. The second-order valence-electron chi connectivity index (χ2n) is 16.0. The first-order valence-corrected chi connectivity index (χ1v) is 20.7. The highest BCUT2D eigenvalue weighted by Gasteiger charge is 2.19. The highest BCUT2D eigenvalue weighted by molar-refractivity contribution is 6.22. The lowest BCUT2D eigenvalue weighted by Crippen LogP contribution is -1.93. The molecule has 0 fully saturated rings. The Kier molecular flexibility index (Phi) is 7.91. The van der Waals surface area contributed by atoms with Crippen LogP contribution in [0.15, 0.2) is 170 Å². The first-order chi connectivity index (χ1) is 28.5. The minimum atomic E-state index is 0.951. The van der Waals surface area contributed by atoms with Gasteiger partial charge in [0.15, 0.2) is 0 Å². The Hall–Kier alpha value is -6.90. The van der Waals surface area contributed by atoms with Crippen molar-refractivity contribution in [3.8, 4) is 44.5 Å². The molecule has 0 unspecified atom stereocenters. The normalized spacial score (nSPS) is 11.9. The number of aryl methyl sites for hydroxylation is 4. The summed E-state index contributed by atoms with van der Waals surface area (Å²) in [6, 6.07) is 64.0. The van der Waals surface area contributed by atoms with Crippen LogP contribution in [0.2, 0.25) is 0 Å². The second kappa shape index (κ2) is 13.4. The Bertz CT molecular complexity index is 3180. The zero-order valence-corrected chi connectivity index (χ0v) is 33.5. The number of aromatic nitrogens is 2. The van der Waals surface area contributed by atoms with Crippen molar-refractivity contribution in [2.45, 2.75) is 40.8 Å². The Morgan fingerprint density at radius 1 is 0.293 bits per heavy atom. The van der Waals surface area contributed by atoms with Crippen LogP contribution in [0.5, 0.6) is 0 Å². The molecule has 0 saturated heterocycles. The van der Waals surface area contributed by atoms with Gasteiger partial charge >= 0.3 is 0 Å². The average molecular weight is 745 g/mol. The molecule has 2 nitrogen and oxygen atoms in total. The standard InChI is InChI=1S/C56H44N2/c1-5-57-51-13-9-7-11-43(51)47-33-41(25-29-53(47)57)37-17-21-39(22-18-37)55-45-27-15-36(4)32-50(45)56(46-28-16-35(3)31-49(46)55)40-23-19-38(20-24-40)42-26-30-54-48(34-42)44-12-8-10-14-52(44)58(54)6-2/h7-34H,5-6H2,1-4H3. The van der Waals surface area contributed by atoms with Crippen LogP contribution in [0.25, 0.3) is 110 Å². The number of nitrogens with zero attached hydrogens (tertiary/aromatic N) is 2. The molecule has 0 saturated carbocycles. The fourth-order valence-corrected chi connectivity index (χ4v) is 9.88. The molecule has 58 heavy (non-hydrogen) atoms. The number of fused-ring (bicyclic) bond motifs is 8. The van der Waals surface area contributed by atoms with Crippen LogP contribution < -0.4 is 0 Å². The van der Waals surface area contributed by atoms with Crippen molar-refractivity contribution < 1.29 is 0 Å². The summed E-state index contributed by atoms with van der Waals surface area (Å²) in [6.45, 7) is 10.8. The quantitative estimate of drug-likeness (QED) is 0.150. The Morgan fingerprint density at radius 2 is 0.655 bits per heavy atom. The number of para-hydroxylation sites is 2. The maximum absolute atomic E-state index is 2.42. The SMILES string of the molecule is CCn1c2ccccc2c2cc(-c3ccc(-c4c5ccc(C)cc5c(-c5ccc(-c6ccc7c(c6)c6ccccc6n7CC)cc5)c5ccc(C)cc45)cc3)ccc21. The highest BCUT2D eigenvalue weighted by Crippen LogP contribution is 2.45. The second-order valence-corrected chi connectivity index (χ2v) is 16.0. The summed E-state index contributed by atoms with van der Waals surface area (Å²) in [4.78, 5) is 0. The first kappa shape index (κ1) is 34.4. The third-order valence-corrected chi connectivity index (χ3v) is 12.6. The molecule has 0 aliphatic carbocycles. The molecule has 0 aliphatic heterocycles. The molecule has 0 N–H and O–H groups in total. The van der Waals surface area contributed by atoms with Crippen molar-refractivity contribution in [3.63, 3.8) is 0 Å². The Morgan fingerprint density at radius 3 is 1.07 bits per heavy atom. The lowest BCUT2D eigenvalue weighted by molar-refractivity contribution is 0.827. The minimum Gasteiger partial charge on any atom is -0.341 e. The molecular weight excluding hydrogens is 701 g/mol. The van der Waals surface area contributed by atoms with Gasteiger partial charge in [-0.25, -0.2) is 0 Å². The van der Waals surface area contributed by atoms with Crippen molar-refractivity contribution in [3.05, 3.63) is 181 Å². The summed E-state index contributed by atoms with van der Waals surface area (Å²) in [5.41, 5.74) is 17.7. The average Bonchev–Trinajstić information content (AvgIpc) is 3.77. The number of hydrogen-bond donors (Lipinski definition) is 0. The van der Waals surface area contributed by atoms with Crippen molar-refractivity contribution >= 4 is 65.2 Å². The van der Waals surface area contributed by atoms with Crippen LogP contribution in [0, 0.1) is 13.8 Å². The van der Waals surface area contributed by atoms with Gasteiger partial charge in [0.1, 0.15) is 0 Å². The molecule has 11 rings (SSSR count). The summed E-state index contributed by atoms with van der Waals surface area (Å²) in [5, 5.41) is 10.4. The van der Waals surface area contributed by atoms with E-state index in [4.69, 9.17) is 0 Å². The summed E-state index contributed by atoms with van der Waals surface area (Å²) in [7, 11) is 0. The zero-order chi connectivity index (χ0) is 39.1. The summed E-state index contributed by atoms with van der Waals surface area (Å²) in [6.07, 6.45) is 0. The number of benzene rings is 9. The molecule has 0 bridgehead atoms. The lowest BCUT2D eigenvalue weighted by Gasteiger charge is -2.19. The van der Waals surface area contributed by atoms with Crippen LogP contribution in [0.4, 0.5) is 0 Å². The zero-order valence-electron chi connectivity index (χ0n) is 33.5. The van der Waals surface area contributed by atoms with E-state index < -0.39 is 0 Å². The third-order valence-electron chi connectivity index (χ3n) is 12.6. The molecule has 2 aromatic heterocycles. The molecule has 2 heteroatoms. The van der Waals surface area contributed by atoms with Gasteiger partial charge in [-0.1, -0.05) is 145 Å². The van der Waals surface area contributed by atoms with Crippen LogP contribution in [0.3, 0.4) is 0 Å². The van der Waals surface area contributed by atoms with Gasteiger partial charge in [0.25, 0.3) is 0 Å². The molecule has 0 spiro atoms. The van der Waals surface area contributed by atoms with Crippen LogP contribution in [-0.4, -0.2) is 9.13 Å². The van der Waals surface area contributed by atoms with Crippen molar-refractivity contribution in [2.75, 3.05) is 0 Å². The van der Waals surface area contributed by atoms with Crippen LogP contribution in [-0.2, 0) is 13.1 Å². The molecule has 11 aromatic rings. The number of hydrogen-bond acceptors (Lipinski definition) is 0. The maximum Gasteiger partial charge on any atom is 0.0491 e. The van der Waals surface area contributed by atoms with Gasteiger partial charge in [-0.3, -0.25) is 0 Å². The fraction of sp³-hybridized carbons (Fsp3) is 0.107. The predicted octanol–water partition coefficient (Wildman–Crippen LogP) is 15.5. The third kappa shape index (κ3) is 5.25. The molecule has 0 amide bonds. The van der Waals surface area contributed by atoms with Gasteiger partial charge in [0.05, 0.1) is 0 Å². The predicted molar refractivity (Wildman–Crippen MR) is 250 cm³/mol. The smallest absolute Gasteiger partial charge is 0.0491 e. The topological polar surface area (TPSA) is 9.86 Å². The van der Waals surface area contributed by atoms with Gasteiger partial charge < -0.3 is 9.13 Å². The van der Waals surface area contributed by atoms with Gasteiger partial charge in [-0.05, 0) is 130 Å². The largest absolute Gasteiger partial charge is 0.341 e. The molecule has 0 aliphatic rings. The molecule has 2 heterocycles. The minimum absolute atomic E-state index is 0.951. The summed E-state index contributed by atoms with van der Waals surface area (Å²) < 4.78 is 4.84.